The quantitative estimate of drug-likeness (QED) is 0.814. The monoisotopic (exact) mass is 377 g/mol. The van der Waals surface area contributed by atoms with Gasteiger partial charge in [0.2, 0.25) is 5.91 Å². The van der Waals surface area contributed by atoms with Crippen molar-refractivity contribution in [1.82, 2.24) is 0 Å². The van der Waals surface area contributed by atoms with Gasteiger partial charge in [-0.2, -0.15) is 0 Å². The normalized spacial score (nSPS) is 17.4. The summed E-state index contributed by atoms with van der Waals surface area (Å²) in [6.07, 6.45) is 1.02. The van der Waals surface area contributed by atoms with E-state index in [2.05, 4.69) is 0 Å². The van der Waals surface area contributed by atoms with Crippen LogP contribution in [0.1, 0.15) is 17.5 Å². The molecule has 2 N–H and O–H groups in total. The Balaban J connectivity index is 1.62. The van der Waals surface area contributed by atoms with Gasteiger partial charge in [-0.3, -0.25) is 9.59 Å². The molecule has 130 valence electrons. The van der Waals surface area contributed by atoms with Gasteiger partial charge in [0.05, 0.1) is 18.7 Å². The molecule has 2 amide bonds. The molecule has 2 aromatic carbocycles. The third kappa shape index (κ3) is 4.03. The minimum absolute atomic E-state index is 0.180. The number of carbonyl (C=O) groups excluding carboxylic acids is 2. The van der Waals surface area contributed by atoms with Crippen molar-refractivity contribution in [2.75, 3.05) is 11.4 Å². The maximum Gasteiger partial charge on any atom is 0.292 e. The predicted octanol–water partition coefficient (Wildman–Crippen LogP) is 2.74. The number of benzene rings is 2. The van der Waals surface area contributed by atoms with Gasteiger partial charge >= 0.3 is 0 Å². The van der Waals surface area contributed by atoms with Crippen LogP contribution in [0.15, 0.2) is 42.5 Å². The first kappa shape index (κ1) is 17.9. The largest absolute Gasteiger partial charge is 0.335 e. The number of hydrogen-bond donors (Lipinski definition) is 1. The molecule has 0 saturated carbocycles. The summed E-state index contributed by atoms with van der Waals surface area (Å²) in [5.41, 5.74) is 2.61. The summed E-state index contributed by atoms with van der Waals surface area (Å²) in [7, 11) is 0. The number of anilines is 1. The molecular formula is C19H19Cl2N2O2+. The number of carbonyl (C=O) groups is 2. The molecule has 25 heavy (non-hydrogen) atoms. The molecule has 6 heteroatoms. The second-order valence-corrected chi connectivity index (χ2v) is 7.06. The molecule has 0 bridgehead atoms. The van der Waals surface area contributed by atoms with Gasteiger partial charge in [-0.15, -0.1) is 0 Å². The Hall–Kier alpha value is -1.88. The lowest BCUT2D eigenvalue weighted by Gasteiger charge is -2.15. The molecule has 4 nitrogen and oxygen atoms in total. The van der Waals surface area contributed by atoms with E-state index in [1.807, 2.05) is 42.6 Å². The molecular weight excluding hydrogens is 359 g/mol. The molecule has 2 aromatic rings. The number of rotatable bonds is 5. The lowest BCUT2D eigenvalue weighted by Crippen LogP contribution is -2.92. The summed E-state index contributed by atoms with van der Waals surface area (Å²) in [6, 6.07) is 12.5. The number of quaternary nitrogens is 1. The Kier molecular flexibility index (Phi) is 5.42. The molecule has 1 aliphatic heterocycles. The maximum atomic E-state index is 12.6. The van der Waals surface area contributed by atoms with Crippen LogP contribution in [0.2, 0.25) is 10.0 Å². The maximum absolute atomic E-state index is 12.6. The number of aryl methyl sites for hydroxylation is 1. The third-order valence-corrected chi connectivity index (χ3v) is 5.05. The van der Waals surface area contributed by atoms with Gasteiger partial charge in [0.15, 0.2) is 6.04 Å². The lowest BCUT2D eigenvalue weighted by molar-refractivity contribution is -0.674. The number of halogens is 2. The van der Waals surface area contributed by atoms with Gasteiger partial charge < -0.3 is 5.32 Å². The average molecular weight is 378 g/mol. The second-order valence-electron chi connectivity index (χ2n) is 6.21. The molecule has 0 unspecified atom stereocenters. The van der Waals surface area contributed by atoms with Crippen LogP contribution in [0.3, 0.4) is 0 Å². The minimum Gasteiger partial charge on any atom is -0.335 e. The van der Waals surface area contributed by atoms with Crippen LogP contribution >= 0.6 is 23.2 Å². The zero-order valence-electron chi connectivity index (χ0n) is 13.8. The van der Waals surface area contributed by atoms with Crippen LogP contribution in [0.25, 0.3) is 0 Å². The number of amides is 2. The van der Waals surface area contributed by atoms with E-state index < -0.39 is 0 Å². The molecule has 0 spiro atoms. The van der Waals surface area contributed by atoms with E-state index in [0.717, 1.165) is 24.1 Å². The molecule has 1 atom stereocenters. The van der Waals surface area contributed by atoms with Crippen molar-refractivity contribution >= 4 is 40.7 Å². The van der Waals surface area contributed by atoms with Crippen LogP contribution in [-0.4, -0.2) is 24.4 Å². The first-order valence-corrected chi connectivity index (χ1v) is 8.92. The number of nitrogens with two attached hydrogens (primary N) is 1. The first-order valence-electron chi connectivity index (χ1n) is 8.16. The van der Waals surface area contributed by atoms with Crippen LogP contribution in [0.5, 0.6) is 0 Å². The highest BCUT2D eigenvalue weighted by Crippen LogP contribution is 2.26. The molecule has 1 heterocycles. The first-order chi connectivity index (χ1) is 12.0. The Morgan fingerprint density at radius 3 is 2.52 bits per heavy atom. The van der Waals surface area contributed by atoms with Crippen molar-refractivity contribution in [1.29, 1.82) is 0 Å². The number of nitrogens with zero attached hydrogens (tertiary/aromatic N) is 1. The van der Waals surface area contributed by atoms with Gasteiger partial charge in [0.25, 0.3) is 5.91 Å². The topological polar surface area (TPSA) is 54.0 Å². The highest BCUT2D eigenvalue weighted by atomic mass is 35.5. The molecule has 1 aliphatic rings. The van der Waals surface area contributed by atoms with Crippen molar-refractivity contribution in [2.24, 2.45) is 0 Å². The van der Waals surface area contributed by atoms with Gasteiger partial charge in [-0.05, 0) is 42.3 Å². The fraction of sp³-hybridized carbons (Fsp3) is 0.263. The van der Waals surface area contributed by atoms with Crippen molar-refractivity contribution in [3.63, 3.8) is 0 Å². The Morgan fingerprint density at radius 2 is 1.84 bits per heavy atom. The van der Waals surface area contributed by atoms with E-state index >= 15 is 0 Å². The van der Waals surface area contributed by atoms with E-state index in [1.165, 1.54) is 4.90 Å². The van der Waals surface area contributed by atoms with E-state index in [1.54, 1.807) is 12.1 Å². The van der Waals surface area contributed by atoms with Gasteiger partial charge in [-0.25, -0.2) is 4.90 Å². The van der Waals surface area contributed by atoms with Crippen LogP contribution < -0.4 is 10.2 Å². The average Bonchev–Trinajstić information content (AvgIpc) is 2.86. The van der Waals surface area contributed by atoms with Crippen molar-refractivity contribution in [2.45, 2.75) is 25.8 Å². The zero-order valence-corrected chi connectivity index (χ0v) is 15.3. The lowest BCUT2D eigenvalue weighted by atomic mass is 10.1. The zero-order chi connectivity index (χ0) is 18.0. The molecule has 1 fully saturated rings. The van der Waals surface area contributed by atoms with Crippen molar-refractivity contribution in [3.05, 3.63) is 63.6 Å². The summed E-state index contributed by atoms with van der Waals surface area (Å²) in [5, 5.41) is 3.19. The van der Waals surface area contributed by atoms with E-state index in [4.69, 9.17) is 23.2 Å². The molecule has 0 aromatic heterocycles. The summed E-state index contributed by atoms with van der Waals surface area (Å²) >= 11 is 12.0. The Labute approximate surface area is 156 Å². The minimum atomic E-state index is -0.375. The summed E-state index contributed by atoms with van der Waals surface area (Å²) < 4.78 is 0. The Bertz CT molecular complexity index is 806. The van der Waals surface area contributed by atoms with E-state index in [0.29, 0.717) is 15.7 Å². The molecule has 0 aliphatic carbocycles. The number of hydrogen-bond acceptors (Lipinski definition) is 2. The van der Waals surface area contributed by atoms with Gasteiger partial charge in [0, 0.05) is 16.5 Å². The highest BCUT2D eigenvalue weighted by molar-refractivity contribution is 6.32. The van der Waals surface area contributed by atoms with Crippen molar-refractivity contribution in [3.8, 4) is 0 Å². The van der Waals surface area contributed by atoms with E-state index in [-0.39, 0.29) is 24.3 Å². The molecule has 3 rings (SSSR count). The van der Waals surface area contributed by atoms with Crippen molar-refractivity contribution < 1.29 is 14.9 Å². The smallest absolute Gasteiger partial charge is 0.292 e. The number of imide groups is 1. The molecule has 0 radical (unpaired) electrons. The molecule has 1 saturated heterocycles. The Morgan fingerprint density at radius 1 is 1.12 bits per heavy atom. The summed E-state index contributed by atoms with van der Waals surface area (Å²) in [6.45, 7) is 2.61. The summed E-state index contributed by atoms with van der Waals surface area (Å²) in [5.74, 6) is -0.362. The standard InChI is InChI=1S/C19H18Cl2N2O2/c1-12-2-7-15(10-16(12)21)23-18(24)11-17(19(23)25)22-9-8-13-3-5-14(20)6-4-13/h2-7,10,17,22H,8-9,11H2,1H3/p+1/t17-/m0/s1. The van der Waals surface area contributed by atoms with Crippen LogP contribution in [0, 0.1) is 6.92 Å². The van der Waals surface area contributed by atoms with E-state index in [9.17, 15) is 9.59 Å². The highest BCUT2D eigenvalue weighted by Gasteiger charge is 2.42. The predicted molar refractivity (Wildman–Crippen MR) is 99.0 cm³/mol. The van der Waals surface area contributed by atoms with Crippen LogP contribution in [0.4, 0.5) is 5.69 Å². The fourth-order valence-electron chi connectivity index (χ4n) is 2.93. The SMILES string of the molecule is Cc1ccc(N2C(=O)C[C@H]([NH2+]CCc3ccc(Cl)cc3)C2=O)cc1Cl. The fourth-order valence-corrected chi connectivity index (χ4v) is 3.23. The second kappa shape index (κ2) is 7.56. The third-order valence-electron chi connectivity index (χ3n) is 4.39. The van der Waals surface area contributed by atoms with Gasteiger partial charge in [0.1, 0.15) is 0 Å². The van der Waals surface area contributed by atoms with Gasteiger partial charge in [-0.1, -0.05) is 41.4 Å². The summed E-state index contributed by atoms with van der Waals surface area (Å²) in [4.78, 5) is 26.1. The van der Waals surface area contributed by atoms with Crippen LogP contribution in [-0.2, 0) is 16.0 Å².